The Bertz CT molecular complexity index is 1850. The van der Waals surface area contributed by atoms with Crippen molar-refractivity contribution < 1.29 is 4.42 Å². The number of hydrogen-bond acceptors (Lipinski definition) is 3. The second-order valence-electron chi connectivity index (χ2n) is 9.20. The van der Waals surface area contributed by atoms with Crippen LogP contribution in [0.25, 0.3) is 67.0 Å². The van der Waals surface area contributed by atoms with Gasteiger partial charge < -0.3 is 4.42 Å². The molecule has 38 heavy (non-hydrogen) atoms. The molecule has 180 valence electrons. The zero-order chi connectivity index (χ0) is 25.5. The van der Waals surface area contributed by atoms with Gasteiger partial charge in [0.1, 0.15) is 11.2 Å². The molecule has 3 nitrogen and oxygen atoms in total. The molecule has 0 spiro atoms. The van der Waals surface area contributed by atoms with Crippen LogP contribution < -0.4 is 0 Å². The first-order chi connectivity index (χ1) is 18.7. The standard InChI is InChI=1S/C34H21ClN2O/c35-28-12-7-13-32-33(28)27-20-26(18-19-31(27)38-32)22-14-16-25(17-15-22)34-36-29(23-8-3-1-4-9-23)21-30(37-34)24-10-5-2-6-11-24/h1-21H. The molecular weight excluding hydrogens is 488 g/mol. The lowest BCUT2D eigenvalue weighted by atomic mass is 10.0. The Hall–Kier alpha value is -4.73. The fourth-order valence-corrected chi connectivity index (χ4v) is 5.13. The van der Waals surface area contributed by atoms with E-state index in [2.05, 4.69) is 66.7 Å². The first-order valence-corrected chi connectivity index (χ1v) is 12.8. The molecule has 0 amide bonds. The number of hydrogen-bond donors (Lipinski definition) is 0. The summed E-state index contributed by atoms with van der Waals surface area (Å²) in [4.78, 5) is 9.88. The average molecular weight is 509 g/mol. The second-order valence-corrected chi connectivity index (χ2v) is 9.60. The zero-order valence-electron chi connectivity index (χ0n) is 20.3. The highest BCUT2D eigenvalue weighted by Crippen LogP contribution is 2.36. The van der Waals surface area contributed by atoms with Crippen LogP contribution in [0.3, 0.4) is 0 Å². The number of fused-ring (bicyclic) bond motifs is 3. The molecule has 7 aromatic rings. The van der Waals surface area contributed by atoms with Crippen LogP contribution in [0, 0.1) is 0 Å². The van der Waals surface area contributed by atoms with Crippen molar-refractivity contribution in [1.29, 1.82) is 0 Å². The SMILES string of the molecule is Clc1cccc2oc3ccc(-c4ccc(-c5nc(-c6ccccc6)cc(-c6ccccc6)n5)cc4)cc3c12. The molecule has 0 atom stereocenters. The van der Waals surface area contributed by atoms with Gasteiger partial charge in [0, 0.05) is 27.5 Å². The van der Waals surface area contributed by atoms with Gasteiger partial charge >= 0.3 is 0 Å². The van der Waals surface area contributed by atoms with Gasteiger partial charge in [0.05, 0.1) is 16.4 Å². The Morgan fingerprint density at radius 1 is 0.474 bits per heavy atom. The Balaban J connectivity index is 1.30. The number of furan rings is 1. The lowest BCUT2D eigenvalue weighted by Crippen LogP contribution is -1.95. The van der Waals surface area contributed by atoms with E-state index in [9.17, 15) is 0 Å². The number of halogens is 1. The first-order valence-electron chi connectivity index (χ1n) is 12.4. The summed E-state index contributed by atoms with van der Waals surface area (Å²) < 4.78 is 6.00. The van der Waals surface area contributed by atoms with Gasteiger partial charge in [-0.1, -0.05) is 109 Å². The van der Waals surface area contributed by atoms with Crippen molar-refractivity contribution in [3.05, 3.63) is 132 Å². The molecule has 0 radical (unpaired) electrons. The smallest absolute Gasteiger partial charge is 0.160 e. The van der Waals surface area contributed by atoms with Gasteiger partial charge in [0.15, 0.2) is 5.82 Å². The molecule has 2 aromatic heterocycles. The first kappa shape index (κ1) is 22.5. The van der Waals surface area contributed by atoms with E-state index in [-0.39, 0.29) is 0 Å². The fourth-order valence-electron chi connectivity index (χ4n) is 4.86. The third kappa shape index (κ3) is 4.03. The van der Waals surface area contributed by atoms with Gasteiger partial charge in [-0.25, -0.2) is 9.97 Å². The molecule has 0 fully saturated rings. The van der Waals surface area contributed by atoms with Crippen LogP contribution in [-0.4, -0.2) is 9.97 Å². The van der Waals surface area contributed by atoms with Crippen molar-refractivity contribution in [1.82, 2.24) is 9.97 Å². The minimum absolute atomic E-state index is 0.693. The van der Waals surface area contributed by atoms with Gasteiger partial charge in [-0.05, 0) is 41.5 Å². The molecule has 0 saturated carbocycles. The van der Waals surface area contributed by atoms with Crippen LogP contribution in [0.1, 0.15) is 0 Å². The van der Waals surface area contributed by atoms with Crippen LogP contribution in [-0.2, 0) is 0 Å². The summed E-state index contributed by atoms with van der Waals surface area (Å²) in [5, 5.41) is 2.65. The summed E-state index contributed by atoms with van der Waals surface area (Å²) in [6, 6.07) is 42.9. The summed E-state index contributed by atoms with van der Waals surface area (Å²) >= 11 is 6.50. The maximum atomic E-state index is 6.50. The highest BCUT2D eigenvalue weighted by Gasteiger charge is 2.13. The minimum atomic E-state index is 0.693. The van der Waals surface area contributed by atoms with E-state index in [1.807, 2.05) is 60.7 Å². The van der Waals surface area contributed by atoms with E-state index in [1.54, 1.807) is 0 Å². The minimum Gasteiger partial charge on any atom is -0.456 e. The van der Waals surface area contributed by atoms with E-state index >= 15 is 0 Å². The molecule has 2 heterocycles. The molecule has 0 saturated heterocycles. The number of benzene rings is 5. The van der Waals surface area contributed by atoms with E-state index in [0.29, 0.717) is 10.8 Å². The molecule has 5 aromatic carbocycles. The van der Waals surface area contributed by atoms with Crippen LogP contribution in [0.2, 0.25) is 5.02 Å². The highest BCUT2D eigenvalue weighted by atomic mass is 35.5. The molecular formula is C34H21ClN2O. The normalized spacial score (nSPS) is 11.3. The number of aromatic nitrogens is 2. The van der Waals surface area contributed by atoms with Crippen LogP contribution in [0.5, 0.6) is 0 Å². The molecule has 0 aliphatic heterocycles. The summed E-state index contributed by atoms with van der Waals surface area (Å²) in [6.07, 6.45) is 0. The van der Waals surface area contributed by atoms with Crippen molar-refractivity contribution in [2.45, 2.75) is 0 Å². The summed E-state index contributed by atoms with van der Waals surface area (Å²) in [6.45, 7) is 0. The molecule has 4 heteroatoms. The zero-order valence-corrected chi connectivity index (χ0v) is 21.1. The van der Waals surface area contributed by atoms with Gasteiger partial charge in [-0.2, -0.15) is 0 Å². The van der Waals surface area contributed by atoms with Crippen molar-refractivity contribution in [2.24, 2.45) is 0 Å². The molecule has 0 unspecified atom stereocenters. The molecule has 0 aliphatic carbocycles. The average Bonchev–Trinajstić information content (AvgIpc) is 3.37. The lowest BCUT2D eigenvalue weighted by molar-refractivity contribution is 0.669. The fraction of sp³-hybridized carbons (Fsp3) is 0. The topological polar surface area (TPSA) is 38.9 Å². The largest absolute Gasteiger partial charge is 0.456 e. The van der Waals surface area contributed by atoms with Gasteiger partial charge in [-0.15, -0.1) is 0 Å². The number of nitrogens with zero attached hydrogens (tertiary/aromatic N) is 2. The summed E-state index contributed by atoms with van der Waals surface area (Å²) in [7, 11) is 0. The molecule has 0 N–H and O–H groups in total. The van der Waals surface area contributed by atoms with Crippen LogP contribution >= 0.6 is 11.6 Å². The lowest BCUT2D eigenvalue weighted by Gasteiger charge is -2.10. The van der Waals surface area contributed by atoms with Crippen LogP contribution in [0.4, 0.5) is 0 Å². The third-order valence-electron chi connectivity index (χ3n) is 6.79. The van der Waals surface area contributed by atoms with E-state index in [1.165, 1.54) is 0 Å². The predicted molar refractivity (Wildman–Crippen MR) is 156 cm³/mol. The van der Waals surface area contributed by atoms with E-state index in [0.717, 1.165) is 61.1 Å². The maximum absolute atomic E-state index is 6.50. The monoisotopic (exact) mass is 508 g/mol. The Morgan fingerprint density at radius 2 is 1.08 bits per heavy atom. The van der Waals surface area contributed by atoms with Crippen molar-refractivity contribution in [3.63, 3.8) is 0 Å². The second kappa shape index (κ2) is 9.29. The number of rotatable bonds is 4. The molecule has 0 aliphatic rings. The van der Waals surface area contributed by atoms with Crippen molar-refractivity contribution in [2.75, 3.05) is 0 Å². The Kier molecular flexibility index (Phi) is 5.49. The van der Waals surface area contributed by atoms with Gasteiger partial charge in [-0.3, -0.25) is 0 Å². The van der Waals surface area contributed by atoms with Gasteiger partial charge in [0.2, 0.25) is 0 Å². The summed E-state index contributed by atoms with van der Waals surface area (Å²) in [5.41, 5.74) is 8.68. The highest BCUT2D eigenvalue weighted by molar-refractivity contribution is 6.37. The van der Waals surface area contributed by atoms with Crippen LogP contribution in [0.15, 0.2) is 132 Å². The Labute approximate surface area is 225 Å². The summed E-state index contributed by atoms with van der Waals surface area (Å²) in [5.74, 6) is 0.694. The van der Waals surface area contributed by atoms with Crippen molar-refractivity contribution in [3.8, 4) is 45.0 Å². The quantitative estimate of drug-likeness (QED) is 0.237. The van der Waals surface area contributed by atoms with E-state index < -0.39 is 0 Å². The van der Waals surface area contributed by atoms with E-state index in [4.69, 9.17) is 26.0 Å². The van der Waals surface area contributed by atoms with Crippen molar-refractivity contribution >= 4 is 33.5 Å². The van der Waals surface area contributed by atoms with Gasteiger partial charge in [0.25, 0.3) is 0 Å². The molecule has 0 bridgehead atoms. The predicted octanol–water partition coefficient (Wildman–Crippen LogP) is 9.70. The third-order valence-corrected chi connectivity index (χ3v) is 7.10. The Morgan fingerprint density at radius 3 is 1.74 bits per heavy atom. The maximum Gasteiger partial charge on any atom is 0.160 e. The molecule has 7 rings (SSSR count).